The molecule has 102 valence electrons. The molecule has 0 aliphatic heterocycles. The molecule has 1 aliphatic carbocycles. The summed E-state index contributed by atoms with van der Waals surface area (Å²) >= 11 is 5.80. The number of rotatable bonds is 4. The molecular formula is C13H14ClNO3S. The van der Waals surface area contributed by atoms with Crippen LogP contribution < -0.4 is 0 Å². The minimum absolute atomic E-state index is 0.0365. The summed E-state index contributed by atoms with van der Waals surface area (Å²) in [5.41, 5.74) is -0.495. The van der Waals surface area contributed by atoms with Crippen molar-refractivity contribution in [2.45, 2.75) is 18.1 Å². The summed E-state index contributed by atoms with van der Waals surface area (Å²) in [6, 6.07) is 8.72. The van der Waals surface area contributed by atoms with E-state index in [9.17, 15) is 18.8 Å². The lowest BCUT2D eigenvalue weighted by Gasteiger charge is -2.03. The molecule has 1 fully saturated rings. The van der Waals surface area contributed by atoms with Crippen molar-refractivity contribution < 1.29 is 13.5 Å². The predicted molar refractivity (Wildman–Crippen MR) is 72.6 cm³/mol. The van der Waals surface area contributed by atoms with Gasteiger partial charge in [0.2, 0.25) is 0 Å². The Morgan fingerprint density at radius 1 is 1.42 bits per heavy atom. The second kappa shape index (κ2) is 4.78. The van der Waals surface area contributed by atoms with Gasteiger partial charge in [0, 0.05) is 16.7 Å². The lowest BCUT2D eigenvalue weighted by Crippen LogP contribution is -2.19. The summed E-state index contributed by atoms with van der Waals surface area (Å²) < 4.78 is 24.1. The molecule has 4 nitrogen and oxygen atoms in total. The Bertz CT molecular complexity index is 620. The summed E-state index contributed by atoms with van der Waals surface area (Å²) in [7, 11) is -3.38. The van der Waals surface area contributed by atoms with E-state index in [1.54, 1.807) is 31.2 Å². The first-order chi connectivity index (χ1) is 8.93. The lowest BCUT2D eigenvalue weighted by atomic mass is 10.0. The number of sulfone groups is 1. The van der Waals surface area contributed by atoms with Gasteiger partial charge >= 0.3 is 0 Å². The smallest absolute Gasteiger partial charge is 0.155 e. The van der Waals surface area contributed by atoms with Gasteiger partial charge in [-0.05, 0) is 17.7 Å². The van der Waals surface area contributed by atoms with Crippen molar-refractivity contribution in [2.75, 3.05) is 12.4 Å². The van der Waals surface area contributed by atoms with E-state index in [-0.39, 0.29) is 5.75 Å². The third kappa shape index (κ3) is 2.14. The fourth-order valence-electron chi connectivity index (χ4n) is 2.61. The largest absolute Gasteiger partial charge is 0.395 e. The molecule has 1 N–H and O–H groups in total. The monoisotopic (exact) mass is 299 g/mol. The van der Waals surface area contributed by atoms with Crippen LogP contribution in [0.15, 0.2) is 24.3 Å². The van der Waals surface area contributed by atoms with Crippen LogP contribution in [-0.2, 0) is 9.84 Å². The third-order valence-electron chi connectivity index (χ3n) is 3.74. The molecule has 0 amide bonds. The highest BCUT2D eigenvalue weighted by atomic mass is 35.5. The highest BCUT2D eigenvalue weighted by molar-refractivity contribution is 7.92. The molecule has 0 heterocycles. The van der Waals surface area contributed by atoms with Gasteiger partial charge in [0.05, 0.1) is 17.9 Å². The molecule has 1 aliphatic rings. The second-order valence-corrected chi connectivity index (χ2v) is 7.56. The van der Waals surface area contributed by atoms with Crippen molar-refractivity contribution >= 4 is 21.4 Å². The van der Waals surface area contributed by atoms with Crippen LogP contribution in [0.25, 0.3) is 0 Å². The molecule has 1 saturated carbocycles. The summed E-state index contributed by atoms with van der Waals surface area (Å²) in [4.78, 5) is 0. The van der Waals surface area contributed by atoms with Crippen LogP contribution in [0.1, 0.15) is 18.4 Å². The normalized spacial score (nSPS) is 29.8. The number of aliphatic hydroxyl groups is 1. The van der Waals surface area contributed by atoms with Crippen LogP contribution >= 0.6 is 11.6 Å². The number of benzene rings is 1. The van der Waals surface area contributed by atoms with Crippen molar-refractivity contribution in [3.8, 4) is 6.07 Å². The summed E-state index contributed by atoms with van der Waals surface area (Å²) in [6.07, 6.45) is 0. The van der Waals surface area contributed by atoms with Crippen LogP contribution in [0.5, 0.6) is 0 Å². The lowest BCUT2D eigenvalue weighted by molar-refractivity contribution is 0.242. The van der Waals surface area contributed by atoms with Gasteiger partial charge < -0.3 is 5.11 Å². The van der Waals surface area contributed by atoms with Gasteiger partial charge in [-0.25, -0.2) is 8.42 Å². The van der Waals surface area contributed by atoms with E-state index >= 15 is 0 Å². The highest BCUT2D eigenvalue weighted by Gasteiger charge is 2.71. The van der Waals surface area contributed by atoms with E-state index in [4.69, 9.17) is 11.6 Å². The molecule has 0 spiro atoms. The van der Waals surface area contributed by atoms with Gasteiger partial charge in [0.1, 0.15) is 5.41 Å². The van der Waals surface area contributed by atoms with Crippen molar-refractivity contribution in [2.24, 2.45) is 5.41 Å². The average Bonchev–Trinajstić information content (AvgIpc) is 3.10. The average molecular weight is 300 g/mol. The van der Waals surface area contributed by atoms with E-state index in [0.717, 1.165) is 5.56 Å². The summed E-state index contributed by atoms with van der Waals surface area (Å²) in [5, 5.41) is 18.4. The highest BCUT2D eigenvalue weighted by Crippen LogP contribution is 2.62. The fraction of sp³-hybridized carbons (Fsp3) is 0.462. The molecule has 1 aromatic rings. The van der Waals surface area contributed by atoms with Crippen molar-refractivity contribution in [3.05, 3.63) is 34.9 Å². The zero-order chi connectivity index (χ0) is 14.3. The Morgan fingerprint density at radius 2 is 2.00 bits per heavy atom. The quantitative estimate of drug-likeness (QED) is 0.918. The van der Waals surface area contributed by atoms with E-state index in [0.29, 0.717) is 5.02 Å². The maximum atomic E-state index is 12.1. The topological polar surface area (TPSA) is 78.2 Å². The SMILES string of the molecule is CCS(=O)(=O)[C@H]1[C@@H](c2ccc(Cl)cc2)[C@@]1(C#N)CO. The standard InChI is InChI=1S/C13H14ClNO3S/c1-2-19(17,18)12-11(13(12,7-15)8-16)9-3-5-10(14)6-4-9/h3-6,11-12,16H,2,8H2,1H3/t11-,12+,13-/m1/s1. The van der Waals surface area contributed by atoms with E-state index < -0.39 is 33.0 Å². The number of aliphatic hydroxyl groups excluding tert-OH is 1. The molecule has 19 heavy (non-hydrogen) atoms. The van der Waals surface area contributed by atoms with Crippen molar-refractivity contribution in [3.63, 3.8) is 0 Å². The Labute approximate surface area is 117 Å². The van der Waals surface area contributed by atoms with Crippen molar-refractivity contribution in [1.29, 1.82) is 5.26 Å². The Morgan fingerprint density at radius 3 is 2.42 bits per heavy atom. The van der Waals surface area contributed by atoms with Gasteiger partial charge in [0.15, 0.2) is 9.84 Å². The van der Waals surface area contributed by atoms with Gasteiger partial charge in [-0.1, -0.05) is 30.7 Å². The number of hydrogen-bond donors (Lipinski definition) is 1. The molecule has 3 atom stereocenters. The Hall–Kier alpha value is -1.09. The molecule has 1 aromatic carbocycles. The molecule has 0 bridgehead atoms. The fourth-order valence-corrected chi connectivity index (χ4v) is 4.75. The maximum Gasteiger partial charge on any atom is 0.155 e. The first-order valence-electron chi connectivity index (χ1n) is 5.92. The Kier molecular flexibility index (Phi) is 3.61. The van der Waals surface area contributed by atoms with Crippen LogP contribution in [0.4, 0.5) is 0 Å². The van der Waals surface area contributed by atoms with Gasteiger partial charge in [-0.2, -0.15) is 5.26 Å². The minimum atomic E-state index is -3.38. The number of hydrogen-bond acceptors (Lipinski definition) is 4. The molecule has 0 aromatic heterocycles. The predicted octanol–water partition coefficient (Wildman–Crippen LogP) is 1.74. The molecular weight excluding hydrogens is 286 g/mol. The summed E-state index contributed by atoms with van der Waals surface area (Å²) in [5.74, 6) is -0.518. The maximum absolute atomic E-state index is 12.1. The van der Waals surface area contributed by atoms with Gasteiger partial charge in [0.25, 0.3) is 0 Å². The first-order valence-corrected chi connectivity index (χ1v) is 8.01. The van der Waals surface area contributed by atoms with Crippen LogP contribution in [0, 0.1) is 16.7 Å². The summed E-state index contributed by atoms with van der Waals surface area (Å²) in [6.45, 7) is 1.09. The second-order valence-electron chi connectivity index (χ2n) is 4.71. The van der Waals surface area contributed by atoms with E-state index in [1.165, 1.54) is 0 Å². The number of nitrogens with zero attached hydrogens (tertiary/aromatic N) is 1. The van der Waals surface area contributed by atoms with Gasteiger partial charge in [-0.15, -0.1) is 0 Å². The molecule has 0 radical (unpaired) electrons. The van der Waals surface area contributed by atoms with Gasteiger partial charge in [-0.3, -0.25) is 0 Å². The number of halogens is 1. The third-order valence-corrected chi connectivity index (χ3v) is 6.27. The van der Waals surface area contributed by atoms with E-state index in [2.05, 4.69) is 0 Å². The zero-order valence-electron chi connectivity index (χ0n) is 10.4. The van der Waals surface area contributed by atoms with E-state index in [1.807, 2.05) is 6.07 Å². The molecule has 0 unspecified atom stereocenters. The molecule has 0 saturated heterocycles. The van der Waals surface area contributed by atoms with Crippen molar-refractivity contribution in [1.82, 2.24) is 0 Å². The first kappa shape index (κ1) is 14.3. The van der Waals surface area contributed by atoms with Crippen LogP contribution in [-0.4, -0.2) is 31.1 Å². The number of nitriles is 1. The van der Waals surface area contributed by atoms with Crippen LogP contribution in [0.3, 0.4) is 0 Å². The zero-order valence-corrected chi connectivity index (χ0v) is 11.9. The molecule has 2 rings (SSSR count). The Balaban J connectivity index is 2.46. The minimum Gasteiger partial charge on any atom is -0.395 e. The molecule has 6 heteroatoms. The van der Waals surface area contributed by atoms with Crippen LogP contribution in [0.2, 0.25) is 5.02 Å².